The zero-order chi connectivity index (χ0) is 13.3. The van der Waals surface area contributed by atoms with Crippen molar-refractivity contribution >= 4 is 0 Å². The van der Waals surface area contributed by atoms with E-state index < -0.39 is 0 Å². The highest BCUT2D eigenvalue weighted by Gasteiger charge is 2.49. The predicted octanol–water partition coefficient (Wildman–Crippen LogP) is 2.65. The number of rotatable bonds is 5. The number of benzene rings is 1. The van der Waals surface area contributed by atoms with E-state index in [0.717, 1.165) is 30.8 Å². The summed E-state index contributed by atoms with van der Waals surface area (Å²) in [6, 6.07) is 4.37. The van der Waals surface area contributed by atoms with Gasteiger partial charge in [-0.1, -0.05) is 6.92 Å². The number of aryl methyl sites for hydroxylation is 1. The van der Waals surface area contributed by atoms with Crippen LogP contribution in [0.1, 0.15) is 37.8 Å². The van der Waals surface area contributed by atoms with Crippen LogP contribution in [-0.2, 0) is 11.8 Å². The van der Waals surface area contributed by atoms with Crippen LogP contribution in [0, 0.1) is 0 Å². The molecule has 3 heteroatoms. The van der Waals surface area contributed by atoms with Gasteiger partial charge >= 0.3 is 0 Å². The van der Waals surface area contributed by atoms with Crippen molar-refractivity contribution in [3.8, 4) is 11.5 Å². The molecule has 1 aliphatic carbocycles. The molecule has 0 aromatic heterocycles. The minimum Gasteiger partial charge on any atom is -0.496 e. The van der Waals surface area contributed by atoms with Crippen LogP contribution < -0.4 is 15.2 Å². The molecule has 1 atom stereocenters. The molecule has 1 aliphatic rings. The number of hydrogen-bond acceptors (Lipinski definition) is 3. The molecule has 0 saturated heterocycles. The molecule has 18 heavy (non-hydrogen) atoms. The van der Waals surface area contributed by atoms with Crippen molar-refractivity contribution in [3.05, 3.63) is 23.3 Å². The van der Waals surface area contributed by atoms with Gasteiger partial charge in [0.2, 0.25) is 0 Å². The molecular weight excluding hydrogens is 226 g/mol. The molecule has 0 heterocycles. The summed E-state index contributed by atoms with van der Waals surface area (Å²) in [5.74, 6) is 1.80. The van der Waals surface area contributed by atoms with Gasteiger partial charge < -0.3 is 15.2 Å². The van der Waals surface area contributed by atoms with Crippen LogP contribution >= 0.6 is 0 Å². The van der Waals surface area contributed by atoms with Gasteiger partial charge in [-0.05, 0) is 37.8 Å². The van der Waals surface area contributed by atoms with E-state index in [4.69, 9.17) is 15.2 Å². The minimum absolute atomic E-state index is 0.113. The monoisotopic (exact) mass is 249 g/mol. The summed E-state index contributed by atoms with van der Waals surface area (Å²) in [5, 5.41) is 0. The second kappa shape index (κ2) is 4.81. The van der Waals surface area contributed by atoms with Gasteiger partial charge in [0, 0.05) is 23.1 Å². The number of hydrogen-bond donors (Lipinski definition) is 1. The zero-order valence-electron chi connectivity index (χ0n) is 11.7. The number of ether oxygens (including phenoxy) is 2. The van der Waals surface area contributed by atoms with Gasteiger partial charge in [0.05, 0.1) is 14.2 Å². The van der Waals surface area contributed by atoms with Gasteiger partial charge in [0.1, 0.15) is 11.5 Å². The Balaban J connectivity index is 2.53. The molecule has 100 valence electrons. The third-order valence-corrected chi connectivity index (χ3v) is 4.18. The minimum atomic E-state index is 0.113. The Hall–Kier alpha value is -1.22. The smallest absolute Gasteiger partial charge is 0.126 e. The number of nitrogens with two attached hydrogens (primary N) is 1. The first kappa shape index (κ1) is 13.2. The Morgan fingerprint density at radius 3 is 2.22 bits per heavy atom. The van der Waals surface area contributed by atoms with Gasteiger partial charge in [-0.3, -0.25) is 0 Å². The summed E-state index contributed by atoms with van der Waals surface area (Å²) in [7, 11) is 3.41. The molecule has 0 spiro atoms. The van der Waals surface area contributed by atoms with Gasteiger partial charge in [-0.15, -0.1) is 0 Å². The lowest BCUT2D eigenvalue weighted by Gasteiger charge is -2.24. The fourth-order valence-corrected chi connectivity index (χ4v) is 2.73. The fraction of sp³-hybridized carbons (Fsp3) is 0.600. The molecule has 0 radical (unpaired) electrons. The fourth-order valence-electron chi connectivity index (χ4n) is 2.73. The molecule has 3 nitrogen and oxygen atoms in total. The Bertz CT molecular complexity index is 436. The van der Waals surface area contributed by atoms with Crippen molar-refractivity contribution in [2.75, 3.05) is 14.2 Å². The van der Waals surface area contributed by atoms with E-state index in [1.807, 2.05) is 6.07 Å². The summed E-state index contributed by atoms with van der Waals surface area (Å²) in [4.78, 5) is 0. The van der Waals surface area contributed by atoms with E-state index in [-0.39, 0.29) is 11.5 Å². The Morgan fingerprint density at radius 1 is 1.22 bits per heavy atom. The average molecular weight is 249 g/mol. The van der Waals surface area contributed by atoms with Gasteiger partial charge in [-0.2, -0.15) is 0 Å². The second-order valence-electron chi connectivity index (χ2n) is 5.16. The highest BCUT2D eigenvalue weighted by atomic mass is 16.5. The van der Waals surface area contributed by atoms with E-state index in [1.54, 1.807) is 14.2 Å². The summed E-state index contributed by atoms with van der Waals surface area (Å²) in [6.07, 6.45) is 3.25. The molecule has 1 unspecified atom stereocenters. The average Bonchev–Trinajstić information content (AvgIpc) is 3.18. The lowest BCUT2D eigenvalue weighted by Crippen LogP contribution is -2.32. The van der Waals surface area contributed by atoms with E-state index >= 15 is 0 Å². The molecule has 1 aromatic rings. The lowest BCUT2D eigenvalue weighted by atomic mass is 9.87. The van der Waals surface area contributed by atoms with E-state index in [2.05, 4.69) is 19.9 Å². The van der Waals surface area contributed by atoms with Gasteiger partial charge in [-0.25, -0.2) is 0 Å². The zero-order valence-corrected chi connectivity index (χ0v) is 11.7. The largest absolute Gasteiger partial charge is 0.496 e. The first-order valence-electron chi connectivity index (χ1n) is 6.60. The normalized spacial score (nSPS) is 18.3. The van der Waals surface area contributed by atoms with Crippen molar-refractivity contribution in [2.24, 2.45) is 5.73 Å². The van der Waals surface area contributed by atoms with E-state index in [1.165, 1.54) is 11.1 Å². The molecule has 0 aliphatic heterocycles. The lowest BCUT2D eigenvalue weighted by molar-refractivity contribution is 0.381. The van der Waals surface area contributed by atoms with Crippen molar-refractivity contribution < 1.29 is 9.47 Å². The van der Waals surface area contributed by atoms with Crippen molar-refractivity contribution in [2.45, 2.75) is 44.6 Å². The first-order chi connectivity index (χ1) is 8.58. The second-order valence-corrected chi connectivity index (χ2v) is 5.16. The standard InChI is InChI=1S/C15H23NO2/c1-5-11-8-12(15(6-7-15)10(2)16)14(18-4)9-13(11)17-3/h8-10H,5-7,16H2,1-4H3. The van der Waals surface area contributed by atoms with Crippen molar-refractivity contribution in [3.63, 3.8) is 0 Å². The molecule has 1 saturated carbocycles. The van der Waals surface area contributed by atoms with Gasteiger partial charge in [0.15, 0.2) is 0 Å². The summed E-state index contributed by atoms with van der Waals surface area (Å²) in [6.45, 7) is 4.22. The molecule has 2 rings (SSSR count). The highest BCUT2D eigenvalue weighted by molar-refractivity contribution is 5.52. The van der Waals surface area contributed by atoms with Crippen LogP contribution in [0.3, 0.4) is 0 Å². The Labute approximate surface area is 109 Å². The molecule has 0 bridgehead atoms. The summed E-state index contributed by atoms with van der Waals surface area (Å²) in [5.41, 5.74) is 8.75. The summed E-state index contributed by atoms with van der Waals surface area (Å²) >= 11 is 0. The molecular formula is C15H23NO2. The van der Waals surface area contributed by atoms with Crippen LogP contribution in [-0.4, -0.2) is 20.3 Å². The van der Waals surface area contributed by atoms with Crippen LogP contribution in [0.25, 0.3) is 0 Å². The van der Waals surface area contributed by atoms with Gasteiger partial charge in [0.25, 0.3) is 0 Å². The quantitative estimate of drug-likeness (QED) is 0.872. The summed E-state index contributed by atoms with van der Waals surface area (Å²) < 4.78 is 10.9. The van der Waals surface area contributed by atoms with Crippen LogP contribution in [0.15, 0.2) is 12.1 Å². The highest BCUT2D eigenvalue weighted by Crippen LogP contribution is 2.54. The van der Waals surface area contributed by atoms with Crippen LogP contribution in [0.5, 0.6) is 11.5 Å². The maximum Gasteiger partial charge on any atom is 0.126 e. The van der Waals surface area contributed by atoms with Crippen molar-refractivity contribution in [1.29, 1.82) is 0 Å². The first-order valence-corrected chi connectivity index (χ1v) is 6.60. The third kappa shape index (κ3) is 1.97. The third-order valence-electron chi connectivity index (χ3n) is 4.18. The SMILES string of the molecule is CCc1cc(C2(C(C)N)CC2)c(OC)cc1OC. The number of methoxy groups -OCH3 is 2. The van der Waals surface area contributed by atoms with Crippen LogP contribution in [0.2, 0.25) is 0 Å². The maximum absolute atomic E-state index is 6.16. The molecule has 1 aromatic carbocycles. The Morgan fingerprint density at radius 2 is 1.83 bits per heavy atom. The van der Waals surface area contributed by atoms with Crippen LogP contribution in [0.4, 0.5) is 0 Å². The molecule has 2 N–H and O–H groups in total. The van der Waals surface area contributed by atoms with E-state index in [9.17, 15) is 0 Å². The van der Waals surface area contributed by atoms with E-state index in [0.29, 0.717) is 0 Å². The van der Waals surface area contributed by atoms with Crippen molar-refractivity contribution in [1.82, 2.24) is 0 Å². The topological polar surface area (TPSA) is 44.5 Å². The Kier molecular flexibility index (Phi) is 3.53. The maximum atomic E-state index is 6.16. The molecule has 1 fully saturated rings. The molecule has 0 amide bonds. The predicted molar refractivity (Wildman–Crippen MR) is 73.5 cm³/mol.